The van der Waals surface area contributed by atoms with Crippen LogP contribution in [0.1, 0.15) is 27.5 Å². The van der Waals surface area contributed by atoms with Gasteiger partial charge in [0, 0.05) is 32.7 Å². The molecular formula is C25H28ClFN6O3. The monoisotopic (exact) mass is 514 g/mol. The second-order valence-electron chi connectivity index (χ2n) is 8.66. The lowest BCUT2D eigenvalue weighted by Gasteiger charge is -2.21. The number of aromatic nitrogens is 2. The zero-order chi connectivity index (χ0) is 25.8. The average molecular weight is 515 g/mol. The summed E-state index contributed by atoms with van der Waals surface area (Å²) in [5.74, 6) is -1.16. The molecular weight excluding hydrogens is 487 g/mol. The maximum Gasteiger partial charge on any atom is 0.320 e. The normalized spacial score (nSPS) is 17.8. The Hall–Kier alpha value is -3.47. The van der Waals surface area contributed by atoms with E-state index in [4.69, 9.17) is 22.1 Å². The van der Waals surface area contributed by atoms with Crippen LogP contribution in [0.5, 0.6) is 0 Å². The van der Waals surface area contributed by atoms with Gasteiger partial charge in [0.2, 0.25) is 0 Å². The van der Waals surface area contributed by atoms with Crippen LogP contribution in [-0.2, 0) is 4.74 Å². The van der Waals surface area contributed by atoms with Gasteiger partial charge in [0.25, 0.3) is 5.91 Å². The Labute approximate surface area is 213 Å². The van der Waals surface area contributed by atoms with E-state index in [1.807, 2.05) is 18.2 Å². The highest BCUT2D eigenvalue weighted by atomic mass is 35.5. The third-order valence-electron chi connectivity index (χ3n) is 6.23. The van der Waals surface area contributed by atoms with Crippen molar-refractivity contribution in [1.29, 1.82) is 0 Å². The molecule has 4 rings (SSSR count). The highest BCUT2D eigenvalue weighted by Gasteiger charge is 2.35. The number of hydrogen-bond donors (Lipinski definition) is 3. The number of rotatable bonds is 8. The minimum Gasteiger partial charge on any atom is -0.383 e. The molecule has 2 aromatic carbocycles. The Morgan fingerprint density at radius 3 is 2.64 bits per heavy atom. The number of aryl methyl sites for hydroxylation is 1. The summed E-state index contributed by atoms with van der Waals surface area (Å²) in [6.45, 7) is 4.04. The van der Waals surface area contributed by atoms with Crippen LogP contribution in [0, 0.1) is 12.7 Å². The Kier molecular flexibility index (Phi) is 7.88. The smallest absolute Gasteiger partial charge is 0.320 e. The van der Waals surface area contributed by atoms with Gasteiger partial charge < -0.3 is 15.8 Å². The van der Waals surface area contributed by atoms with E-state index >= 15 is 0 Å². The summed E-state index contributed by atoms with van der Waals surface area (Å²) in [4.78, 5) is 27.6. The first-order valence-corrected chi connectivity index (χ1v) is 11.8. The number of primary amides is 1. The van der Waals surface area contributed by atoms with Gasteiger partial charge in [-0.05, 0) is 36.8 Å². The van der Waals surface area contributed by atoms with Crippen LogP contribution in [0.4, 0.5) is 15.0 Å². The zero-order valence-corrected chi connectivity index (χ0v) is 20.8. The van der Waals surface area contributed by atoms with Gasteiger partial charge in [-0.3, -0.25) is 15.0 Å². The van der Waals surface area contributed by atoms with Gasteiger partial charge >= 0.3 is 6.03 Å². The molecule has 4 N–H and O–H groups in total. The number of carbonyl (C=O) groups excluding carboxylic acids is 2. The van der Waals surface area contributed by atoms with Crippen molar-refractivity contribution in [2.24, 2.45) is 5.73 Å². The van der Waals surface area contributed by atoms with Crippen molar-refractivity contribution >= 4 is 29.4 Å². The summed E-state index contributed by atoms with van der Waals surface area (Å²) in [6, 6.07) is 12.9. The number of nitrogens with two attached hydrogens (primary N) is 1. The minimum atomic E-state index is -0.699. The molecule has 1 aliphatic rings. The zero-order valence-electron chi connectivity index (χ0n) is 20.0. The van der Waals surface area contributed by atoms with E-state index in [1.165, 1.54) is 10.7 Å². The molecule has 0 aliphatic carbocycles. The van der Waals surface area contributed by atoms with Crippen LogP contribution in [0.25, 0.3) is 5.69 Å². The molecule has 0 bridgehead atoms. The van der Waals surface area contributed by atoms with Crippen molar-refractivity contribution in [3.8, 4) is 5.69 Å². The molecule has 2 heterocycles. The highest BCUT2D eigenvalue weighted by Crippen LogP contribution is 2.31. The van der Waals surface area contributed by atoms with Gasteiger partial charge in [0.15, 0.2) is 5.82 Å². The summed E-state index contributed by atoms with van der Waals surface area (Å²) in [5.41, 5.74) is 7.61. The maximum atomic E-state index is 13.8. The number of urea groups is 1. The Morgan fingerprint density at radius 2 is 1.97 bits per heavy atom. The predicted octanol–water partition coefficient (Wildman–Crippen LogP) is 3.31. The van der Waals surface area contributed by atoms with Crippen LogP contribution in [0.15, 0.2) is 48.5 Å². The molecule has 36 heavy (non-hydrogen) atoms. The van der Waals surface area contributed by atoms with Gasteiger partial charge in [0.05, 0.1) is 29.1 Å². The molecule has 2 atom stereocenters. The largest absolute Gasteiger partial charge is 0.383 e. The van der Waals surface area contributed by atoms with E-state index in [0.717, 1.165) is 5.56 Å². The SMILES string of the molecule is COCCN1C[C@H](NC(=O)Nc2c(C(N)=O)c(C)nn2-c2ccccc2)[C@@H](c2ccc(F)c(Cl)c2)C1. The fourth-order valence-electron chi connectivity index (χ4n) is 4.52. The number of carbonyl (C=O) groups is 2. The number of anilines is 1. The summed E-state index contributed by atoms with van der Waals surface area (Å²) in [7, 11) is 1.63. The number of ether oxygens (including phenoxy) is 1. The van der Waals surface area contributed by atoms with Crippen molar-refractivity contribution in [2.75, 3.05) is 38.7 Å². The summed E-state index contributed by atoms with van der Waals surface area (Å²) in [5, 5.41) is 10.2. The maximum absolute atomic E-state index is 13.8. The van der Waals surface area contributed by atoms with Crippen LogP contribution < -0.4 is 16.4 Å². The van der Waals surface area contributed by atoms with Crippen LogP contribution in [-0.4, -0.2) is 66.0 Å². The average Bonchev–Trinajstić information content (AvgIpc) is 3.40. The van der Waals surface area contributed by atoms with E-state index in [1.54, 1.807) is 38.3 Å². The first kappa shape index (κ1) is 25.6. The number of nitrogens with zero attached hydrogens (tertiary/aromatic N) is 3. The van der Waals surface area contributed by atoms with E-state index in [0.29, 0.717) is 37.6 Å². The third-order valence-corrected chi connectivity index (χ3v) is 6.52. The molecule has 11 heteroatoms. The molecule has 1 fully saturated rings. The first-order valence-electron chi connectivity index (χ1n) is 11.5. The number of benzene rings is 2. The number of para-hydroxylation sites is 1. The minimum absolute atomic E-state index is 0.0272. The van der Waals surface area contributed by atoms with E-state index in [2.05, 4.69) is 20.6 Å². The topological polar surface area (TPSA) is 115 Å². The number of hydrogen-bond acceptors (Lipinski definition) is 5. The first-order chi connectivity index (χ1) is 17.3. The molecule has 3 amide bonds. The lowest BCUT2D eigenvalue weighted by molar-refractivity contribution is 0.100. The van der Waals surface area contributed by atoms with Crippen LogP contribution >= 0.6 is 11.6 Å². The van der Waals surface area contributed by atoms with Crippen molar-refractivity contribution < 1.29 is 18.7 Å². The van der Waals surface area contributed by atoms with E-state index in [9.17, 15) is 14.0 Å². The van der Waals surface area contributed by atoms with Crippen molar-refractivity contribution in [2.45, 2.75) is 18.9 Å². The van der Waals surface area contributed by atoms with E-state index in [-0.39, 0.29) is 28.4 Å². The fourth-order valence-corrected chi connectivity index (χ4v) is 4.71. The molecule has 0 unspecified atom stereocenters. The molecule has 9 nitrogen and oxygen atoms in total. The number of nitrogens with one attached hydrogen (secondary N) is 2. The lowest BCUT2D eigenvalue weighted by atomic mass is 9.94. The second kappa shape index (κ2) is 11.1. The number of amides is 3. The highest BCUT2D eigenvalue weighted by molar-refractivity contribution is 6.30. The lowest BCUT2D eigenvalue weighted by Crippen LogP contribution is -2.42. The molecule has 1 aliphatic heterocycles. The number of likely N-dealkylation sites (tertiary alicyclic amines) is 1. The molecule has 190 valence electrons. The summed E-state index contributed by atoms with van der Waals surface area (Å²) < 4.78 is 20.5. The molecule has 0 radical (unpaired) electrons. The molecule has 0 spiro atoms. The van der Waals surface area contributed by atoms with Gasteiger partial charge in [0.1, 0.15) is 11.4 Å². The standard InChI is InChI=1S/C25H28ClFN6O3/c1-15-22(23(28)34)24(33(31-15)17-6-4-3-5-7-17)30-25(35)29-21-14-32(10-11-36-2)13-18(21)16-8-9-20(27)19(26)12-16/h3-9,12,18,21H,10-11,13-14H2,1-2H3,(H2,28,34)(H2,29,30,35)/t18-,21+/m1/s1. The predicted molar refractivity (Wildman–Crippen MR) is 135 cm³/mol. The van der Waals surface area contributed by atoms with Crippen LogP contribution in [0.3, 0.4) is 0 Å². The van der Waals surface area contributed by atoms with Gasteiger partial charge in [-0.2, -0.15) is 5.10 Å². The Balaban J connectivity index is 1.59. The number of halogens is 2. The molecule has 1 aromatic heterocycles. The molecule has 0 saturated carbocycles. The van der Waals surface area contributed by atoms with Crippen molar-refractivity contribution in [1.82, 2.24) is 20.0 Å². The Morgan fingerprint density at radius 1 is 1.22 bits per heavy atom. The summed E-state index contributed by atoms with van der Waals surface area (Å²) >= 11 is 6.04. The quantitative estimate of drug-likeness (QED) is 0.426. The molecule has 1 saturated heterocycles. The third kappa shape index (κ3) is 5.51. The fraction of sp³-hybridized carbons (Fsp3) is 0.320. The van der Waals surface area contributed by atoms with Gasteiger partial charge in [-0.1, -0.05) is 35.9 Å². The van der Waals surface area contributed by atoms with Crippen molar-refractivity contribution in [3.05, 3.63) is 76.2 Å². The number of methoxy groups -OCH3 is 1. The summed E-state index contributed by atoms with van der Waals surface area (Å²) in [6.07, 6.45) is 0. The van der Waals surface area contributed by atoms with Crippen molar-refractivity contribution in [3.63, 3.8) is 0 Å². The van der Waals surface area contributed by atoms with Crippen LogP contribution in [0.2, 0.25) is 5.02 Å². The molecule has 3 aromatic rings. The van der Waals surface area contributed by atoms with E-state index < -0.39 is 17.8 Å². The van der Waals surface area contributed by atoms with Gasteiger partial charge in [-0.25, -0.2) is 13.9 Å². The Bertz CT molecular complexity index is 1250. The second-order valence-corrected chi connectivity index (χ2v) is 9.07. The van der Waals surface area contributed by atoms with Gasteiger partial charge in [-0.15, -0.1) is 0 Å².